The maximum absolute atomic E-state index is 13.8. The molecule has 0 aliphatic heterocycles. The highest BCUT2D eigenvalue weighted by molar-refractivity contribution is 7.16. The number of fused-ring (bicyclic) bond motifs is 1. The zero-order valence-corrected chi connectivity index (χ0v) is 14.9. The fourth-order valence-corrected chi connectivity index (χ4v) is 3.52. The van der Waals surface area contributed by atoms with Gasteiger partial charge in [0.2, 0.25) is 0 Å². The maximum atomic E-state index is 13.8. The Morgan fingerprint density at radius 1 is 1.15 bits per heavy atom. The SMILES string of the molecule is CCOC(=O)Cn1c(=NC(=O)c2c(F)cccc2F)sc2cc(F)ccc21. The number of rotatable bonds is 4. The molecular formula is C18H13F3N2O3S. The fraction of sp³-hybridized carbons (Fsp3) is 0.167. The Labute approximate surface area is 155 Å². The number of aromatic nitrogens is 1. The summed E-state index contributed by atoms with van der Waals surface area (Å²) in [7, 11) is 0. The number of halogens is 3. The Morgan fingerprint density at radius 2 is 1.85 bits per heavy atom. The molecular weight excluding hydrogens is 381 g/mol. The average Bonchev–Trinajstić information content (AvgIpc) is 2.91. The molecule has 0 atom stereocenters. The van der Waals surface area contributed by atoms with Crippen LogP contribution in [0.5, 0.6) is 0 Å². The lowest BCUT2D eigenvalue weighted by Crippen LogP contribution is -2.23. The van der Waals surface area contributed by atoms with E-state index in [1.54, 1.807) is 6.92 Å². The van der Waals surface area contributed by atoms with Gasteiger partial charge in [-0.2, -0.15) is 4.99 Å². The van der Waals surface area contributed by atoms with E-state index in [0.29, 0.717) is 10.2 Å². The first-order chi connectivity index (χ1) is 12.9. The van der Waals surface area contributed by atoms with Crippen molar-refractivity contribution in [3.8, 4) is 0 Å². The lowest BCUT2D eigenvalue weighted by atomic mass is 10.2. The van der Waals surface area contributed by atoms with Crippen LogP contribution in [0.2, 0.25) is 0 Å². The number of carbonyl (C=O) groups is 2. The fourth-order valence-electron chi connectivity index (χ4n) is 2.47. The smallest absolute Gasteiger partial charge is 0.326 e. The Hall–Kier alpha value is -2.94. The van der Waals surface area contributed by atoms with Gasteiger partial charge in [0.05, 0.1) is 16.8 Å². The molecule has 0 bridgehead atoms. The molecule has 1 amide bonds. The number of esters is 1. The van der Waals surface area contributed by atoms with E-state index in [4.69, 9.17) is 4.74 Å². The van der Waals surface area contributed by atoms with E-state index >= 15 is 0 Å². The van der Waals surface area contributed by atoms with Crippen LogP contribution in [0.15, 0.2) is 41.4 Å². The van der Waals surface area contributed by atoms with Crippen LogP contribution in [-0.4, -0.2) is 23.1 Å². The lowest BCUT2D eigenvalue weighted by molar-refractivity contribution is -0.143. The summed E-state index contributed by atoms with van der Waals surface area (Å²) >= 11 is 0.916. The molecule has 140 valence electrons. The molecule has 0 saturated heterocycles. The van der Waals surface area contributed by atoms with Crippen LogP contribution in [0.4, 0.5) is 13.2 Å². The molecule has 1 aromatic heterocycles. The minimum absolute atomic E-state index is 0.00342. The predicted octanol–water partition coefficient (Wildman–Crippen LogP) is 3.42. The Morgan fingerprint density at radius 3 is 2.52 bits per heavy atom. The molecule has 2 aromatic carbocycles. The summed E-state index contributed by atoms with van der Waals surface area (Å²) in [5, 5.41) is 0. The highest BCUT2D eigenvalue weighted by Crippen LogP contribution is 2.19. The highest BCUT2D eigenvalue weighted by atomic mass is 32.1. The zero-order chi connectivity index (χ0) is 19.6. The number of carbonyl (C=O) groups excluding carboxylic acids is 2. The van der Waals surface area contributed by atoms with Gasteiger partial charge in [0.1, 0.15) is 29.6 Å². The summed E-state index contributed by atoms with van der Waals surface area (Å²) in [4.78, 5) is 28.0. The monoisotopic (exact) mass is 394 g/mol. The second kappa shape index (κ2) is 7.75. The first-order valence-electron chi connectivity index (χ1n) is 7.88. The maximum Gasteiger partial charge on any atom is 0.326 e. The summed E-state index contributed by atoms with van der Waals surface area (Å²) in [6.07, 6.45) is 0. The van der Waals surface area contributed by atoms with Gasteiger partial charge in [0.25, 0.3) is 5.91 Å². The third-order valence-electron chi connectivity index (χ3n) is 3.61. The second-order valence-corrected chi connectivity index (χ2v) is 6.41. The molecule has 1 heterocycles. The molecule has 5 nitrogen and oxygen atoms in total. The second-order valence-electron chi connectivity index (χ2n) is 5.40. The number of ether oxygens (including phenoxy) is 1. The summed E-state index contributed by atoms with van der Waals surface area (Å²) < 4.78 is 47.8. The number of nitrogens with zero attached hydrogens (tertiary/aromatic N) is 2. The Kier molecular flexibility index (Phi) is 5.41. The minimum atomic E-state index is -1.14. The molecule has 0 radical (unpaired) electrons. The predicted molar refractivity (Wildman–Crippen MR) is 92.7 cm³/mol. The van der Waals surface area contributed by atoms with Crippen molar-refractivity contribution in [2.24, 2.45) is 4.99 Å². The number of thiazole rings is 1. The number of hydrogen-bond acceptors (Lipinski definition) is 4. The first kappa shape index (κ1) is 18.8. The normalized spacial score (nSPS) is 11.8. The van der Waals surface area contributed by atoms with Crippen LogP contribution in [0.3, 0.4) is 0 Å². The number of amides is 1. The van der Waals surface area contributed by atoms with Gasteiger partial charge in [-0.05, 0) is 37.3 Å². The van der Waals surface area contributed by atoms with Gasteiger partial charge >= 0.3 is 5.97 Å². The molecule has 0 aliphatic carbocycles. The molecule has 0 saturated carbocycles. The lowest BCUT2D eigenvalue weighted by Gasteiger charge is -2.05. The molecule has 0 fully saturated rings. The van der Waals surface area contributed by atoms with Gasteiger partial charge in [-0.25, -0.2) is 13.2 Å². The van der Waals surface area contributed by atoms with Crippen LogP contribution in [0.1, 0.15) is 17.3 Å². The molecule has 3 aromatic rings. The van der Waals surface area contributed by atoms with Crippen molar-refractivity contribution in [2.45, 2.75) is 13.5 Å². The van der Waals surface area contributed by atoms with Gasteiger partial charge < -0.3 is 9.30 Å². The molecule has 0 unspecified atom stereocenters. The summed E-state index contributed by atoms with van der Waals surface area (Å²) in [6.45, 7) is 1.51. The van der Waals surface area contributed by atoms with E-state index < -0.39 is 34.9 Å². The van der Waals surface area contributed by atoms with E-state index in [2.05, 4.69) is 4.99 Å². The van der Waals surface area contributed by atoms with Crippen LogP contribution in [0.25, 0.3) is 10.2 Å². The Balaban J connectivity index is 2.16. The third kappa shape index (κ3) is 3.92. The van der Waals surface area contributed by atoms with Crippen molar-refractivity contribution in [2.75, 3.05) is 6.61 Å². The van der Waals surface area contributed by atoms with E-state index in [0.717, 1.165) is 29.5 Å². The minimum Gasteiger partial charge on any atom is -0.465 e. The number of benzene rings is 2. The first-order valence-corrected chi connectivity index (χ1v) is 8.70. The van der Waals surface area contributed by atoms with Crippen molar-refractivity contribution < 1.29 is 27.5 Å². The molecule has 0 N–H and O–H groups in total. The molecule has 27 heavy (non-hydrogen) atoms. The van der Waals surface area contributed by atoms with Crippen molar-refractivity contribution in [3.63, 3.8) is 0 Å². The van der Waals surface area contributed by atoms with Crippen molar-refractivity contribution in [1.82, 2.24) is 4.57 Å². The summed E-state index contributed by atoms with van der Waals surface area (Å²) in [5.74, 6) is -4.34. The van der Waals surface area contributed by atoms with Crippen LogP contribution < -0.4 is 4.80 Å². The third-order valence-corrected chi connectivity index (χ3v) is 4.65. The molecule has 3 rings (SSSR count). The van der Waals surface area contributed by atoms with E-state index in [-0.39, 0.29) is 18.0 Å². The topological polar surface area (TPSA) is 60.7 Å². The van der Waals surface area contributed by atoms with E-state index in [9.17, 15) is 22.8 Å². The average molecular weight is 394 g/mol. The van der Waals surface area contributed by atoms with Gasteiger partial charge in [0.15, 0.2) is 4.80 Å². The van der Waals surface area contributed by atoms with E-state index in [1.807, 2.05) is 0 Å². The van der Waals surface area contributed by atoms with Crippen LogP contribution >= 0.6 is 11.3 Å². The zero-order valence-electron chi connectivity index (χ0n) is 14.0. The number of hydrogen-bond donors (Lipinski definition) is 0. The standard InChI is InChI=1S/C18H13F3N2O3S/c1-2-26-15(24)9-23-13-7-6-10(19)8-14(13)27-18(23)22-17(25)16-11(20)4-3-5-12(16)21/h3-8H,2,9H2,1H3. The van der Waals surface area contributed by atoms with Gasteiger partial charge in [-0.1, -0.05) is 17.4 Å². The van der Waals surface area contributed by atoms with Crippen molar-refractivity contribution >= 4 is 33.4 Å². The van der Waals surface area contributed by atoms with Gasteiger partial charge in [-0.3, -0.25) is 9.59 Å². The van der Waals surface area contributed by atoms with Crippen LogP contribution in [0, 0.1) is 17.5 Å². The van der Waals surface area contributed by atoms with Gasteiger partial charge in [-0.15, -0.1) is 0 Å². The van der Waals surface area contributed by atoms with E-state index in [1.165, 1.54) is 22.8 Å². The Bertz CT molecular complexity index is 1080. The van der Waals surface area contributed by atoms with Gasteiger partial charge in [0, 0.05) is 0 Å². The van der Waals surface area contributed by atoms with Crippen LogP contribution in [-0.2, 0) is 16.1 Å². The van der Waals surface area contributed by atoms with Crippen molar-refractivity contribution in [3.05, 3.63) is 64.2 Å². The summed E-state index contributed by atoms with van der Waals surface area (Å²) in [6, 6.07) is 6.85. The highest BCUT2D eigenvalue weighted by Gasteiger charge is 2.18. The molecule has 0 aliphatic rings. The quantitative estimate of drug-likeness (QED) is 0.637. The molecule has 9 heteroatoms. The molecule has 0 spiro atoms. The largest absolute Gasteiger partial charge is 0.465 e. The summed E-state index contributed by atoms with van der Waals surface area (Å²) in [5.41, 5.74) is -0.362. The van der Waals surface area contributed by atoms with Crippen molar-refractivity contribution in [1.29, 1.82) is 0 Å².